The van der Waals surface area contributed by atoms with Crippen molar-refractivity contribution in [1.82, 2.24) is 14.4 Å². The Labute approximate surface area is 129 Å². The number of rotatable bonds is 4. The molecule has 2 heterocycles. The predicted molar refractivity (Wildman–Crippen MR) is 79.7 cm³/mol. The third-order valence-corrected chi connectivity index (χ3v) is 6.86. The molecular formula is C15H17N3O3S. The van der Waals surface area contributed by atoms with Crippen molar-refractivity contribution in [2.45, 2.75) is 29.9 Å². The molecule has 0 bridgehead atoms. The SMILES string of the molecule is O=S(=O)(C1CC1)N1CC(c2ccccc2)C(c2ncon2)C1. The summed E-state index contributed by atoms with van der Waals surface area (Å²) in [5, 5.41) is 3.76. The summed E-state index contributed by atoms with van der Waals surface area (Å²) in [5.41, 5.74) is 1.12. The lowest BCUT2D eigenvalue weighted by Crippen LogP contribution is -2.32. The van der Waals surface area contributed by atoms with Gasteiger partial charge in [-0.3, -0.25) is 0 Å². The minimum absolute atomic E-state index is 0.0605. The Bertz CT molecular complexity index is 742. The van der Waals surface area contributed by atoms with E-state index in [9.17, 15) is 8.42 Å². The van der Waals surface area contributed by atoms with Crippen molar-refractivity contribution in [2.75, 3.05) is 13.1 Å². The minimum Gasteiger partial charge on any atom is -0.343 e. The number of nitrogens with zero attached hydrogens (tertiary/aromatic N) is 3. The lowest BCUT2D eigenvalue weighted by molar-refractivity contribution is 0.401. The van der Waals surface area contributed by atoms with Crippen molar-refractivity contribution in [1.29, 1.82) is 0 Å². The first-order chi connectivity index (χ1) is 10.7. The highest BCUT2D eigenvalue weighted by atomic mass is 32.2. The van der Waals surface area contributed by atoms with E-state index < -0.39 is 10.0 Å². The van der Waals surface area contributed by atoms with E-state index in [1.807, 2.05) is 30.3 Å². The Balaban J connectivity index is 1.68. The summed E-state index contributed by atoms with van der Waals surface area (Å²) in [6, 6.07) is 9.97. The van der Waals surface area contributed by atoms with Crippen LogP contribution in [0.1, 0.15) is 36.1 Å². The van der Waals surface area contributed by atoms with E-state index in [1.165, 1.54) is 6.39 Å². The van der Waals surface area contributed by atoms with E-state index in [4.69, 9.17) is 4.52 Å². The van der Waals surface area contributed by atoms with Crippen molar-refractivity contribution in [3.63, 3.8) is 0 Å². The molecule has 1 aromatic carbocycles. The summed E-state index contributed by atoms with van der Waals surface area (Å²) in [7, 11) is -3.18. The molecule has 2 aliphatic rings. The van der Waals surface area contributed by atoms with Crippen LogP contribution in [0.2, 0.25) is 0 Å². The quantitative estimate of drug-likeness (QED) is 0.858. The first-order valence-electron chi connectivity index (χ1n) is 7.46. The normalized spacial score (nSPS) is 26.4. The molecule has 4 rings (SSSR count). The van der Waals surface area contributed by atoms with Gasteiger partial charge in [0.25, 0.3) is 0 Å². The van der Waals surface area contributed by atoms with Crippen LogP contribution in [0, 0.1) is 0 Å². The van der Waals surface area contributed by atoms with Crippen molar-refractivity contribution >= 4 is 10.0 Å². The van der Waals surface area contributed by atoms with Gasteiger partial charge in [-0.05, 0) is 18.4 Å². The second-order valence-electron chi connectivity index (χ2n) is 5.97. The van der Waals surface area contributed by atoms with Crippen LogP contribution in [0.3, 0.4) is 0 Å². The zero-order valence-corrected chi connectivity index (χ0v) is 12.8. The molecule has 1 aliphatic carbocycles. The molecule has 7 heteroatoms. The molecule has 1 aliphatic heterocycles. The summed E-state index contributed by atoms with van der Waals surface area (Å²) in [5.74, 6) is 0.587. The number of benzene rings is 1. The van der Waals surface area contributed by atoms with Crippen LogP contribution < -0.4 is 0 Å². The second-order valence-corrected chi connectivity index (χ2v) is 8.19. The first-order valence-corrected chi connectivity index (χ1v) is 8.97. The molecule has 2 unspecified atom stereocenters. The lowest BCUT2D eigenvalue weighted by atomic mass is 9.88. The van der Waals surface area contributed by atoms with E-state index in [2.05, 4.69) is 10.1 Å². The summed E-state index contributed by atoms with van der Waals surface area (Å²) in [4.78, 5) is 4.15. The summed E-state index contributed by atoms with van der Waals surface area (Å²) in [6.45, 7) is 0.917. The topological polar surface area (TPSA) is 76.3 Å². The highest BCUT2D eigenvalue weighted by molar-refractivity contribution is 7.90. The van der Waals surface area contributed by atoms with E-state index in [1.54, 1.807) is 4.31 Å². The number of hydrogen-bond acceptors (Lipinski definition) is 5. The number of aromatic nitrogens is 2. The average Bonchev–Trinajstić information content (AvgIpc) is 3.09. The molecule has 0 N–H and O–H groups in total. The van der Waals surface area contributed by atoms with E-state index >= 15 is 0 Å². The van der Waals surface area contributed by atoms with Gasteiger partial charge in [-0.1, -0.05) is 35.5 Å². The van der Waals surface area contributed by atoms with Crippen LogP contribution in [0.15, 0.2) is 41.2 Å². The smallest absolute Gasteiger partial charge is 0.217 e. The number of hydrogen-bond donors (Lipinski definition) is 0. The average molecular weight is 319 g/mol. The first kappa shape index (κ1) is 13.9. The summed E-state index contributed by atoms with van der Waals surface area (Å²) >= 11 is 0. The number of sulfonamides is 1. The van der Waals surface area contributed by atoms with Gasteiger partial charge in [-0.2, -0.15) is 4.98 Å². The van der Waals surface area contributed by atoms with Crippen LogP contribution >= 0.6 is 0 Å². The van der Waals surface area contributed by atoms with Gasteiger partial charge in [-0.15, -0.1) is 0 Å². The predicted octanol–water partition coefficient (Wildman–Crippen LogP) is 1.74. The zero-order valence-electron chi connectivity index (χ0n) is 12.0. The Kier molecular flexibility index (Phi) is 3.27. The molecule has 22 heavy (non-hydrogen) atoms. The van der Waals surface area contributed by atoms with Gasteiger partial charge in [0.1, 0.15) is 0 Å². The van der Waals surface area contributed by atoms with Crippen molar-refractivity contribution < 1.29 is 12.9 Å². The molecule has 1 saturated carbocycles. The van der Waals surface area contributed by atoms with Gasteiger partial charge in [0, 0.05) is 24.9 Å². The van der Waals surface area contributed by atoms with E-state index in [0.717, 1.165) is 18.4 Å². The largest absolute Gasteiger partial charge is 0.343 e. The molecule has 1 aromatic heterocycles. The van der Waals surface area contributed by atoms with Gasteiger partial charge >= 0.3 is 0 Å². The highest BCUT2D eigenvalue weighted by Gasteiger charge is 2.47. The second kappa shape index (κ2) is 5.17. The molecule has 2 atom stereocenters. The molecule has 2 aromatic rings. The third-order valence-electron chi connectivity index (χ3n) is 4.53. The van der Waals surface area contributed by atoms with Crippen LogP contribution in [-0.4, -0.2) is 41.2 Å². The van der Waals surface area contributed by atoms with Crippen molar-refractivity contribution in [3.05, 3.63) is 48.1 Å². The lowest BCUT2D eigenvalue weighted by Gasteiger charge is -2.16. The Morgan fingerprint density at radius 3 is 2.45 bits per heavy atom. The molecular weight excluding hydrogens is 302 g/mol. The Morgan fingerprint density at radius 2 is 1.82 bits per heavy atom. The highest BCUT2D eigenvalue weighted by Crippen LogP contribution is 2.42. The fourth-order valence-electron chi connectivity index (χ4n) is 3.19. The van der Waals surface area contributed by atoms with E-state index in [-0.39, 0.29) is 17.1 Å². The van der Waals surface area contributed by atoms with Crippen LogP contribution in [0.4, 0.5) is 0 Å². The molecule has 1 saturated heterocycles. The Hall–Kier alpha value is -1.73. The van der Waals surface area contributed by atoms with Crippen LogP contribution in [-0.2, 0) is 10.0 Å². The fourth-order valence-corrected chi connectivity index (χ4v) is 5.08. The van der Waals surface area contributed by atoms with Crippen molar-refractivity contribution in [3.8, 4) is 0 Å². The maximum Gasteiger partial charge on any atom is 0.217 e. The zero-order chi connectivity index (χ0) is 15.2. The minimum atomic E-state index is -3.18. The molecule has 0 spiro atoms. The molecule has 6 nitrogen and oxygen atoms in total. The maximum atomic E-state index is 12.5. The summed E-state index contributed by atoms with van der Waals surface area (Å²) < 4.78 is 31.6. The van der Waals surface area contributed by atoms with Crippen LogP contribution in [0.25, 0.3) is 0 Å². The molecule has 2 fully saturated rings. The van der Waals surface area contributed by atoms with Gasteiger partial charge < -0.3 is 4.52 Å². The van der Waals surface area contributed by atoms with E-state index in [0.29, 0.717) is 18.9 Å². The maximum absolute atomic E-state index is 12.5. The van der Waals surface area contributed by atoms with Crippen molar-refractivity contribution in [2.24, 2.45) is 0 Å². The Morgan fingerprint density at radius 1 is 1.09 bits per heavy atom. The molecule has 0 radical (unpaired) electrons. The third kappa shape index (κ3) is 2.34. The molecule has 116 valence electrons. The van der Waals surface area contributed by atoms with Gasteiger partial charge in [0.2, 0.25) is 16.4 Å². The molecule has 0 amide bonds. The van der Waals surface area contributed by atoms with Gasteiger partial charge in [0.15, 0.2) is 5.82 Å². The van der Waals surface area contributed by atoms with Gasteiger partial charge in [-0.25, -0.2) is 12.7 Å². The van der Waals surface area contributed by atoms with Gasteiger partial charge in [0.05, 0.1) is 5.25 Å². The fraction of sp³-hybridized carbons (Fsp3) is 0.467. The van der Waals surface area contributed by atoms with Crippen LogP contribution in [0.5, 0.6) is 0 Å². The standard InChI is InChI=1S/C15H17N3O3S/c19-22(20,12-6-7-12)18-8-13(11-4-2-1-3-5-11)14(9-18)15-16-10-21-17-15/h1-5,10,12-14H,6-9H2. The monoisotopic (exact) mass is 319 g/mol. The summed E-state index contributed by atoms with van der Waals surface area (Å²) in [6.07, 6.45) is 2.86.